The van der Waals surface area contributed by atoms with Gasteiger partial charge < -0.3 is 29.0 Å². The lowest BCUT2D eigenvalue weighted by Crippen LogP contribution is -2.46. The third-order valence-electron chi connectivity index (χ3n) is 6.81. The molecule has 0 saturated heterocycles. The number of nitrogens with zero attached hydrogens (tertiary/aromatic N) is 2. The molecule has 4 rings (SSSR count). The molecule has 0 saturated carbocycles. The fraction of sp³-hybridized carbons (Fsp3) is 0.273. The molecule has 0 fully saturated rings. The summed E-state index contributed by atoms with van der Waals surface area (Å²) in [4.78, 5) is 4.22. The molecule has 0 unspecified atom stereocenters. The molecule has 0 heterocycles. The molecule has 212 valence electrons. The van der Waals surface area contributed by atoms with Crippen molar-refractivity contribution in [2.75, 3.05) is 54.5 Å². The molecule has 41 heavy (non-hydrogen) atoms. The summed E-state index contributed by atoms with van der Waals surface area (Å²) >= 11 is 0. The summed E-state index contributed by atoms with van der Waals surface area (Å²) in [5, 5.41) is 9.43. The van der Waals surface area contributed by atoms with Gasteiger partial charge in [-0.15, -0.1) is 0 Å². The molecule has 0 aliphatic rings. The third kappa shape index (κ3) is 9.32. The SMILES string of the molecule is CN(C)CCOB(c1ccccc1)c1ccc(Oc2ccc(B(OCCN(C)C)c3ccc(CO)cc3)cc2)cc1. The average molecular weight is 550 g/mol. The molecule has 0 aliphatic carbocycles. The second kappa shape index (κ2) is 15.6. The molecule has 6 nitrogen and oxygen atoms in total. The van der Waals surface area contributed by atoms with Crippen LogP contribution in [0.2, 0.25) is 0 Å². The third-order valence-corrected chi connectivity index (χ3v) is 6.81. The molecular weight excluding hydrogens is 510 g/mol. The van der Waals surface area contributed by atoms with E-state index in [1.165, 1.54) is 0 Å². The largest absolute Gasteiger partial charge is 0.457 e. The number of likely N-dealkylation sites (N-methyl/N-ethyl adjacent to an activating group) is 2. The van der Waals surface area contributed by atoms with Crippen LogP contribution in [-0.4, -0.2) is 83.2 Å². The predicted octanol–water partition coefficient (Wildman–Crippen LogP) is 2.34. The van der Waals surface area contributed by atoms with Gasteiger partial charge in [0, 0.05) is 26.3 Å². The summed E-state index contributed by atoms with van der Waals surface area (Å²) in [6, 6.07) is 34.4. The van der Waals surface area contributed by atoms with Crippen LogP contribution in [0.1, 0.15) is 5.56 Å². The first-order valence-electron chi connectivity index (χ1n) is 14.1. The van der Waals surface area contributed by atoms with Gasteiger partial charge in [-0.2, -0.15) is 0 Å². The van der Waals surface area contributed by atoms with Crippen molar-refractivity contribution < 1.29 is 19.2 Å². The Labute approximate surface area is 245 Å². The van der Waals surface area contributed by atoms with Crippen molar-refractivity contribution in [3.63, 3.8) is 0 Å². The average Bonchev–Trinajstić information content (AvgIpc) is 2.99. The van der Waals surface area contributed by atoms with E-state index in [2.05, 4.69) is 34.1 Å². The van der Waals surface area contributed by atoms with Crippen molar-refractivity contribution in [1.82, 2.24) is 9.80 Å². The molecule has 4 aromatic carbocycles. The van der Waals surface area contributed by atoms with Gasteiger partial charge in [0.15, 0.2) is 0 Å². The van der Waals surface area contributed by atoms with Crippen molar-refractivity contribution in [2.45, 2.75) is 6.61 Å². The van der Waals surface area contributed by atoms with E-state index in [9.17, 15) is 5.11 Å². The zero-order valence-electron chi connectivity index (χ0n) is 24.6. The monoisotopic (exact) mass is 550 g/mol. The van der Waals surface area contributed by atoms with Crippen LogP contribution in [0, 0.1) is 0 Å². The second-order valence-electron chi connectivity index (χ2n) is 10.7. The standard InChI is InChI=1S/C33H40B2N2O4/c1-36(2)22-24-39-34(28-8-6-5-7-9-28)30-14-18-32(19-15-30)41-33-20-16-31(17-21-33)35(40-25-23-37(3)4)29-12-10-27(26-38)11-13-29/h5-21,38H,22-26H2,1-4H3. The number of rotatable bonds is 15. The number of hydrogen-bond acceptors (Lipinski definition) is 6. The van der Waals surface area contributed by atoms with E-state index in [1.54, 1.807) is 0 Å². The van der Waals surface area contributed by atoms with Crippen molar-refractivity contribution in [3.8, 4) is 11.5 Å². The molecule has 0 bridgehead atoms. The lowest BCUT2D eigenvalue weighted by molar-refractivity contribution is 0.269. The molecular formula is C33H40B2N2O4. The Morgan fingerprint density at radius 1 is 0.537 bits per heavy atom. The van der Waals surface area contributed by atoms with Crippen LogP contribution in [0.25, 0.3) is 0 Å². The van der Waals surface area contributed by atoms with Crippen LogP contribution in [0.5, 0.6) is 11.5 Å². The Kier molecular flexibility index (Phi) is 11.6. The second-order valence-corrected chi connectivity index (χ2v) is 10.7. The zero-order chi connectivity index (χ0) is 29.0. The molecule has 8 heteroatoms. The molecule has 0 aromatic heterocycles. The molecule has 1 N–H and O–H groups in total. The number of benzene rings is 4. The van der Waals surface area contributed by atoms with Crippen molar-refractivity contribution in [3.05, 3.63) is 109 Å². The first-order valence-corrected chi connectivity index (χ1v) is 14.1. The minimum absolute atomic E-state index is 0.0236. The minimum Gasteiger partial charge on any atom is -0.457 e. The zero-order valence-corrected chi connectivity index (χ0v) is 24.6. The fourth-order valence-electron chi connectivity index (χ4n) is 4.46. The predicted molar refractivity (Wildman–Crippen MR) is 171 cm³/mol. The Hall–Kier alpha value is -3.39. The van der Waals surface area contributed by atoms with Crippen LogP contribution in [-0.2, 0) is 15.9 Å². The van der Waals surface area contributed by atoms with Crippen LogP contribution in [0.4, 0.5) is 0 Å². The summed E-state index contributed by atoms with van der Waals surface area (Å²) in [7, 11) is 8.17. The van der Waals surface area contributed by atoms with E-state index in [0.29, 0.717) is 13.2 Å². The van der Waals surface area contributed by atoms with Gasteiger partial charge in [-0.25, -0.2) is 0 Å². The van der Waals surface area contributed by atoms with Crippen LogP contribution >= 0.6 is 0 Å². The maximum absolute atomic E-state index is 9.43. The lowest BCUT2D eigenvalue weighted by Gasteiger charge is -2.18. The Balaban J connectivity index is 1.46. The molecule has 0 spiro atoms. The highest BCUT2D eigenvalue weighted by atomic mass is 16.5. The smallest absolute Gasteiger partial charge is 0.361 e. The summed E-state index contributed by atoms with van der Waals surface area (Å²) in [6.07, 6.45) is 0. The summed E-state index contributed by atoms with van der Waals surface area (Å²) in [5.41, 5.74) is 5.19. The first-order chi connectivity index (χ1) is 19.9. The quantitative estimate of drug-likeness (QED) is 0.230. The lowest BCUT2D eigenvalue weighted by atomic mass is 9.55. The topological polar surface area (TPSA) is 54.4 Å². The van der Waals surface area contributed by atoms with Gasteiger partial charge in [0.2, 0.25) is 0 Å². The molecule has 0 amide bonds. The van der Waals surface area contributed by atoms with Crippen molar-refractivity contribution >= 4 is 35.7 Å². The van der Waals surface area contributed by atoms with Crippen LogP contribution in [0.3, 0.4) is 0 Å². The molecule has 0 aliphatic heterocycles. The highest BCUT2D eigenvalue weighted by molar-refractivity contribution is 6.80. The first kappa shape index (κ1) is 30.6. The van der Waals surface area contributed by atoms with Crippen molar-refractivity contribution in [1.29, 1.82) is 0 Å². The van der Waals surface area contributed by atoms with Gasteiger partial charge in [0.25, 0.3) is 0 Å². The normalized spacial score (nSPS) is 11.2. The number of hydrogen-bond donors (Lipinski definition) is 1. The van der Waals surface area contributed by atoms with Gasteiger partial charge in [-0.3, -0.25) is 0 Å². The van der Waals surface area contributed by atoms with Gasteiger partial charge in [-0.05, 0) is 79.9 Å². The summed E-state index contributed by atoms with van der Waals surface area (Å²) in [6.45, 7) is 2.61. The molecule has 0 atom stereocenters. The van der Waals surface area contributed by atoms with Crippen LogP contribution in [0.15, 0.2) is 103 Å². The van der Waals surface area contributed by atoms with E-state index in [1.807, 2.05) is 107 Å². The fourth-order valence-corrected chi connectivity index (χ4v) is 4.46. The maximum Gasteiger partial charge on any atom is 0.361 e. The van der Waals surface area contributed by atoms with Gasteiger partial charge >= 0.3 is 13.8 Å². The Bertz CT molecular complexity index is 1300. The van der Waals surface area contributed by atoms with E-state index in [-0.39, 0.29) is 20.4 Å². The minimum atomic E-state index is -0.210. The summed E-state index contributed by atoms with van der Waals surface area (Å²) in [5.74, 6) is 1.52. The number of aliphatic hydroxyl groups excluding tert-OH is 1. The number of ether oxygens (including phenoxy) is 1. The van der Waals surface area contributed by atoms with Crippen LogP contribution < -0.4 is 26.6 Å². The highest BCUT2D eigenvalue weighted by Gasteiger charge is 2.23. The molecule has 0 radical (unpaired) electrons. The van der Waals surface area contributed by atoms with Gasteiger partial charge in [0.05, 0.1) is 6.61 Å². The van der Waals surface area contributed by atoms with E-state index in [0.717, 1.165) is 52.0 Å². The highest BCUT2D eigenvalue weighted by Crippen LogP contribution is 2.19. The number of aliphatic hydroxyl groups is 1. The van der Waals surface area contributed by atoms with Gasteiger partial charge in [0.1, 0.15) is 11.5 Å². The van der Waals surface area contributed by atoms with E-state index in [4.69, 9.17) is 14.0 Å². The summed E-state index contributed by atoms with van der Waals surface area (Å²) < 4.78 is 18.8. The maximum atomic E-state index is 9.43. The van der Waals surface area contributed by atoms with E-state index < -0.39 is 0 Å². The Morgan fingerprint density at radius 2 is 0.927 bits per heavy atom. The van der Waals surface area contributed by atoms with Gasteiger partial charge in [-0.1, -0.05) is 78.9 Å². The van der Waals surface area contributed by atoms with Crippen molar-refractivity contribution in [2.24, 2.45) is 0 Å². The Morgan fingerprint density at radius 3 is 1.32 bits per heavy atom. The van der Waals surface area contributed by atoms with E-state index >= 15 is 0 Å². The molecule has 4 aromatic rings.